The molecule has 3 amide bonds. The summed E-state index contributed by atoms with van der Waals surface area (Å²) in [5, 5.41) is 5.35. The molecular weight excluding hydrogens is 494 g/mol. The number of benzene rings is 3. The third-order valence-corrected chi connectivity index (χ3v) is 6.77. The highest BCUT2D eigenvalue weighted by Crippen LogP contribution is 2.22. The molecule has 11 heteroatoms. The first-order valence-corrected chi connectivity index (χ1v) is 12.7. The summed E-state index contributed by atoms with van der Waals surface area (Å²) in [5.74, 6) is 0.491. The summed E-state index contributed by atoms with van der Waals surface area (Å²) < 4.78 is 33.8. The fourth-order valence-corrected chi connectivity index (χ4v) is 4.63. The highest BCUT2D eigenvalue weighted by Gasteiger charge is 2.24. The Bertz CT molecular complexity index is 1460. The van der Waals surface area contributed by atoms with Crippen LogP contribution < -0.4 is 15.4 Å². The van der Waals surface area contributed by atoms with E-state index in [1.165, 1.54) is 19.2 Å². The Morgan fingerprint density at radius 2 is 1.59 bits per heavy atom. The van der Waals surface area contributed by atoms with Crippen LogP contribution in [0.1, 0.15) is 17.4 Å². The molecule has 3 N–H and O–H groups in total. The maximum absolute atomic E-state index is 12.9. The molecule has 4 rings (SSSR count). The minimum atomic E-state index is -4.06. The van der Waals surface area contributed by atoms with E-state index in [9.17, 15) is 18.0 Å². The van der Waals surface area contributed by atoms with E-state index in [-0.39, 0.29) is 4.90 Å². The summed E-state index contributed by atoms with van der Waals surface area (Å²) in [6, 6.07) is 22.5. The minimum absolute atomic E-state index is 0.0214. The van der Waals surface area contributed by atoms with Crippen molar-refractivity contribution in [3.05, 3.63) is 109 Å². The molecule has 0 radical (unpaired) electrons. The molecule has 1 aromatic heterocycles. The molecular formula is C26H25N5O5S. The van der Waals surface area contributed by atoms with Crippen molar-refractivity contribution < 1.29 is 22.7 Å². The van der Waals surface area contributed by atoms with Gasteiger partial charge in [0.05, 0.1) is 18.0 Å². The third-order valence-electron chi connectivity index (χ3n) is 5.43. The SMILES string of the molecule is COC(=O)Nc1ccc(-n2ccnc2[C@H](Cc2ccccc2)NC(=O)NS(=O)(=O)c2ccccc2)cc1. The van der Waals surface area contributed by atoms with Crippen molar-refractivity contribution in [1.82, 2.24) is 19.6 Å². The van der Waals surface area contributed by atoms with E-state index in [1.807, 2.05) is 30.3 Å². The molecule has 1 heterocycles. The summed E-state index contributed by atoms with van der Waals surface area (Å²) in [5.41, 5.74) is 2.19. The molecule has 37 heavy (non-hydrogen) atoms. The number of nitrogens with one attached hydrogen (secondary N) is 3. The van der Waals surface area contributed by atoms with Crippen molar-refractivity contribution in [1.29, 1.82) is 0 Å². The zero-order valence-electron chi connectivity index (χ0n) is 19.9. The van der Waals surface area contributed by atoms with Gasteiger partial charge in [0.2, 0.25) is 0 Å². The summed E-state index contributed by atoms with van der Waals surface area (Å²) >= 11 is 0. The van der Waals surface area contributed by atoms with Crippen LogP contribution in [0.15, 0.2) is 102 Å². The standard InChI is InChI=1S/C26H25N5O5S/c1-36-26(33)28-20-12-14-21(15-13-20)31-17-16-27-24(31)23(18-19-8-4-2-5-9-19)29-25(32)30-37(34,35)22-10-6-3-7-11-22/h2-17,23H,18H2,1H3,(H,28,33)(H2,29,30,32)/t23-/m0/s1. The lowest BCUT2D eigenvalue weighted by Gasteiger charge is -2.21. The number of hydrogen-bond acceptors (Lipinski definition) is 6. The maximum atomic E-state index is 12.9. The molecule has 0 saturated heterocycles. The van der Waals surface area contributed by atoms with Crippen LogP contribution in [0.3, 0.4) is 0 Å². The number of aromatic nitrogens is 2. The lowest BCUT2D eigenvalue weighted by atomic mass is 10.1. The Morgan fingerprint density at radius 3 is 2.24 bits per heavy atom. The van der Waals surface area contributed by atoms with Gasteiger partial charge in [-0.05, 0) is 48.4 Å². The second-order valence-corrected chi connectivity index (χ2v) is 9.64. The van der Waals surface area contributed by atoms with Gasteiger partial charge in [-0.25, -0.2) is 27.7 Å². The first kappa shape index (κ1) is 25.5. The quantitative estimate of drug-likeness (QED) is 0.322. The van der Waals surface area contributed by atoms with Gasteiger partial charge >= 0.3 is 12.1 Å². The van der Waals surface area contributed by atoms with Crippen molar-refractivity contribution >= 4 is 27.8 Å². The van der Waals surface area contributed by atoms with Crippen LogP contribution in [0.2, 0.25) is 0 Å². The van der Waals surface area contributed by atoms with E-state index < -0.39 is 28.2 Å². The molecule has 0 unspecified atom stereocenters. The van der Waals surface area contributed by atoms with Gasteiger partial charge in [0.25, 0.3) is 10.0 Å². The van der Waals surface area contributed by atoms with E-state index in [4.69, 9.17) is 0 Å². The first-order valence-electron chi connectivity index (χ1n) is 11.3. The van der Waals surface area contributed by atoms with E-state index >= 15 is 0 Å². The number of ether oxygens (including phenoxy) is 1. The van der Waals surface area contributed by atoms with E-state index in [0.29, 0.717) is 17.9 Å². The molecule has 190 valence electrons. The molecule has 0 spiro atoms. The molecule has 1 atom stereocenters. The van der Waals surface area contributed by atoms with E-state index in [0.717, 1.165) is 11.3 Å². The molecule has 10 nitrogen and oxygen atoms in total. The van der Waals surface area contributed by atoms with Crippen molar-refractivity contribution in [3.8, 4) is 5.69 Å². The van der Waals surface area contributed by atoms with Gasteiger partial charge in [0, 0.05) is 23.8 Å². The number of methoxy groups -OCH3 is 1. The Morgan fingerprint density at radius 1 is 0.946 bits per heavy atom. The van der Waals surface area contributed by atoms with Crippen LogP contribution >= 0.6 is 0 Å². The summed E-state index contributed by atoms with van der Waals surface area (Å²) in [7, 11) is -2.78. The van der Waals surface area contributed by atoms with Crippen molar-refractivity contribution in [2.75, 3.05) is 12.4 Å². The van der Waals surface area contributed by atoms with Crippen molar-refractivity contribution in [2.45, 2.75) is 17.4 Å². The van der Waals surface area contributed by atoms with Crippen LogP contribution in [0.25, 0.3) is 5.69 Å². The predicted molar refractivity (Wildman–Crippen MR) is 138 cm³/mol. The van der Waals surface area contributed by atoms with Crippen LogP contribution in [0, 0.1) is 0 Å². The number of urea groups is 1. The molecule has 0 fully saturated rings. The number of sulfonamides is 1. The van der Waals surface area contributed by atoms with Gasteiger partial charge in [-0.3, -0.25) is 5.32 Å². The smallest absolute Gasteiger partial charge is 0.411 e. The Labute approximate surface area is 214 Å². The maximum Gasteiger partial charge on any atom is 0.411 e. The van der Waals surface area contributed by atoms with Gasteiger partial charge in [-0.15, -0.1) is 0 Å². The second-order valence-electron chi connectivity index (χ2n) is 7.95. The van der Waals surface area contributed by atoms with Gasteiger partial charge < -0.3 is 14.6 Å². The number of carbonyl (C=O) groups is 2. The van der Waals surface area contributed by atoms with Gasteiger partial charge in [-0.2, -0.15) is 0 Å². The van der Waals surface area contributed by atoms with Gasteiger partial charge in [0.15, 0.2) is 0 Å². The lowest BCUT2D eigenvalue weighted by molar-refractivity contribution is 0.187. The zero-order chi connectivity index (χ0) is 26.3. The number of nitrogens with zero attached hydrogens (tertiary/aromatic N) is 2. The Hall–Kier alpha value is -4.64. The van der Waals surface area contributed by atoms with Crippen LogP contribution in [-0.4, -0.2) is 37.2 Å². The van der Waals surface area contributed by atoms with Crippen LogP contribution in [-0.2, 0) is 21.2 Å². The second kappa shape index (κ2) is 11.4. The molecule has 4 aromatic rings. The largest absolute Gasteiger partial charge is 0.453 e. The van der Waals surface area contributed by atoms with Crippen LogP contribution in [0.4, 0.5) is 15.3 Å². The zero-order valence-corrected chi connectivity index (χ0v) is 20.7. The summed E-state index contributed by atoms with van der Waals surface area (Å²) in [6.07, 6.45) is 3.10. The average Bonchev–Trinajstić information content (AvgIpc) is 3.39. The fraction of sp³-hybridized carbons (Fsp3) is 0.115. The van der Waals surface area contributed by atoms with Gasteiger partial charge in [0.1, 0.15) is 5.82 Å². The van der Waals surface area contributed by atoms with Crippen molar-refractivity contribution in [2.24, 2.45) is 0 Å². The van der Waals surface area contributed by atoms with E-state index in [2.05, 4.69) is 25.1 Å². The fourth-order valence-electron chi connectivity index (χ4n) is 3.69. The number of anilines is 1. The number of carbonyl (C=O) groups excluding carboxylic acids is 2. The minimum Gasteiger partial charge on any atom is -0.453 e. The molecule has 0 saturated carbocycles. The van der Waals surface area contributed by atoms with Crippen LogP contribution in [0.5, 0.6) is 0 Å². The number of rotatable bonds is 8. The third kappa shape index (κ3) is 6.53. The summed E-state index contributed by atoms with van der Waals surface area (Å²) in [4.78, 5) is 28.8. The molecule has 0 aliphatic heterocycles. The number of hydrogen-bond donors (Lipinski definition) is 3. The predicted octanol–water partition coefficient (Wildman–Crippen LogP) is 4.02. The van der Waals surface area contributed by atoms with Gasteiger partial charge in [-0.1, -0.05) is 48.5 Å². The lowest BCUT2D eigenvalue weighted by Crippen LogP contribution is -2.42. The average molecular weight is 520 g/mol. The molecule has 0 aliphatic carbocycles. The number of imidazole rings is 1. The topological polar surface area (TPSA) is 131 Å². The Kier molecular flexibility index (Phi) is 7.84. The van der Waals surface area contributed by atoms with Crippen molar-refractivity contribution in [3.63, 3.8) is 0 Å². The molecule has 3 aromatic carbocycles. The number of amides is 3. The first-order chi connectivity index (χ1) is 17.9. The highest BCUT2D eigenvalue weighted by atomic mass is 32.2. The Balaban J connectivity index is 1.60. The van der Waals surface area contributed by atoms with E-state index in [1.54, 1.807) is 59.4 Å². The molecule has 0 bridgehead atoms. The monoisotopic (exact) mass is 519 g/mol. The summed E-state index contributed by atoms with van der Waals surface area (Å²) in [6.45, 7) is 0. The highest BCUT2D eigenvalue weighted by molar-refractivity contribution is 7.90. The molecule has 0 aliphatic rings. The normalized spacial score (nSPS) is 11.8.